The molecular formula is C17H14Cl3NO3. The van der Waals surface area contributed by atoms with Crippen LogP contribution < -0.4 is 14.8 Å². The second-order valence-corrected chi connectivity index (χ2v) is 5.90. The smallest absolute Gasteiger partial charge is 0.248 e. The van der Waals surface area contributed by atoms with Crippen LogP contribution in [0.3, 0.4) is 0 Å². The average Bonchev–Trinajstić information content (AvgIpc) is 2.57. The Bertz CT molecular complexity index is 791. The second kappa shape index (κ2) is 8.29. The van der Waals surface area contributed by atoms with Gasteiger partial charge in [0, 0.05) is 18.2 Å². The molecule has 4 nitrogen and oxygen atoms in total. The van der Waals surface area contributed by atoms with E-state index in [2.05, 4.69) is 5.32 Å². The quantitative estimate of drug-likeness (QED) is 0.708. The molecule has 1 amide bonds. The first-order valence-electron chi connectivity index (χ1n) is 6.80. The summed E-state index contributed by atoms with van der Waals surface area (Å²) < 4.78 is 10.3. The Morgan fingerprint density at radius 2 is 1.67 bits per heavy atom. The summed E-state index contributed by atoms with van der Waals surface area (Å²) in [7, 11) is 2.98. The first-order valence-corrected chi connectivity index (χ1v) is 7.93. The fourth-order valence-corrected chi connectivity index (χ4v) is 2.46. The zero-order valence-electron chi connectivity index (χ0n) is 12.9. The number of anilines is 1. The van der Waals surface area contributed by atoms with Crippen molar-refractivity contribution >= 4 is 52.5 Å². The summed E-state index contributed by atoms with van der Waals surface area (Å²) in [4.78, 5) is 12.1. The van der Waals surface area contributed by atoms with Crippen molar-refractivity contribution in [2.24, 2.45) is 0 Å². The van der Waals surface area contributed by atoms with E-state index in [0.717, 1.165) is 5.56 Å². The van der Waals surface area contributed by atoms with Crippen molar-refractivity contribution in [1.29, 1.82) is 0 Å². The molecule has 2 aromatic carbocycles. The number of amides is 1. The van der Waals surface area contributed by atoms with Gasteiger partial charge in [0.15, 0.2) is 0 Å². The van der Waals surface area contributed by atoms with E-state index in [0.29, 0.717) is 32.3 Å². The first-order chi connectivity index (χ1) is 11.4. The summed E-state index contributed by atoms with van der Waals surface area (Å²) in [6.07, 6.45) is 3.00. The summed E-state index contributed by atoms with van der Waals surface area (Å²) in [6, 6.07) is 8.24. The number of hydrogen-bond acceptors (Lipinski definition) is 3. The molecule has 0 atom stereocenters. The van der Waals surface area contributed by atoms with Crippen LogP contribution in [0, 0.1) is 0 Å². The highest BCUT2D eigenvalue weighted by atomic mass is 35.5. The van der Waals surface area contributed by atoms with E-state index in [-0.39, 0.29) is 5.91 Å². The lowest BCUT2D eigenvalue weighted by atomic mass is 10.2. The van der Waals surface area contributed by atoms with Gasteiger partial charge in [-0.1, -0.05) is 40.9 Å². The highest BCUT2D eigenvalue weighted by Crippen LogP contribution is 2.35. The summed E-state index contributed by atoms with van der Waals surface area (Å²) >= 11 is 17.8. The Morgan fingerprint density at radius 1 is 0.958 bits per heavy atom. The third-order valence-electron chi connectivity index (χ3n) is 3.10. The molecule has 24 heavy (non-hydrogen) atoms. The Balaban J connectivity index is 2.17. The molecule has 0 bridgehead atoms. The van der Waals surface area contributed by atoms with Gasteiger partial charge in [0.25, 0.3) is 0 Å². The maximum Gasteiger partial charge on any atom is 0.248 e. The van der Waals surface area contributed by atoms with E-state index in [1.807, 2.05) is 0 Å². The van der Waals surface area contributed by atoms with E-state index in [1.165, 1.54) is 20.3 Å². The number of halogens is 3. The first kappa shape index (κ1) is 18.5. The minimum atomic E-state index is -0.344. The predicted octanol–water partition coefficient (Wildman–Crippen LogP) is 5.32. The molecule has 1 N–H and O–H groups in total. The van der Waals surface area contributed by atoms with Gasteiger partial charge >= 0.3 is 0 Å². The lowest BCUT2D eigenvalue weighted by Crippen LogP contribution is -2.09. The molecule has 2 aromatic rings. The van der Waals surface area contributed by atoms with Crippen LogP contribution in [0.15, 0.2) is 36.4 Å². The fraction of sp³-hybridized carbons (Fsp3) is 0.118. The fourth-order valence-electron chi connectivity index (χ4n) is 1.92. The molecule has 0 radical (unpaired) electrons. The maximum atomic E-state index is 12.1. The molecular weight excluding hydrogens is 373 g/mol. The third kappa shape index (κ3) is 4.57. The van der Waals surface area contributed by atoms with Crippen LogP contribution in [0.4, 0.5) is 5.69 Å². The standard InChI is InChI=1S/C17H14Cl3NO3/c1-23-15-9-14(16(24-2)8-13(15)20)21-17(22)6-4-10-3-5-11(18)12(19)7-10/h3-9H,1-2H3,(H,21,22)/b6-4+. The number of nitrogens with one attached hydrogen (secondary N) is 1. The molecule has 7 heteroatoms. The zero-order valence-corrected chi connectivity index (χ0v) is 15.2. The number of methoxy groups -OCH3 is 2. The normalized spacial score (nSPS) is 10.7. The highest BCUT2D eigenvalue weighted by Gasteiger charge is 2.11. The van der Waals surface area contributed by atoms with Crippen LogP contribution in [-0.4, -0.2) is 20.1 Å². The highest BCUT2D eigenvalue weighted by molar-refractivity contribution is 6.42. The molecule has 0 aliphatic heterocycles. The van der Waals surface area contributed by atoms with Crippen LogP contribution in [0.5, 0.6) is 11.5 Å². The summed E-state index contributed by atoms with van der Waals surface area (Å²) in [5.74, 6) is 0.516. The van der Waals surface area contributed by atoms with Gasteiger partial charge in [0.2, 0.25) is 5.91 Å². The van der Waals surface area contributed by atoms with Crippen LogP contribution >= 0.6 is 34.8 Å². The summed E-state index contributed by atoms with van der Waals surface area (Å²) in [5.41, 5.74) is 1.20. The van der Waals surface area contributed by atoms with Crippen molar-refractivity contribution in [3.05, 3.63) is 57.0 Å². The largest absolute Gasteiger partial charge is 0.495 e. The Labute approximate surface area is 154 Å². The number of carbonyl (C=O) groups excluding carboxylic acids is 1. The molecule has 0 unspecified atom stereocenters. The van der Waals surface area contributed by atoms with Gasteiger partial charge in [-0.25, -0.2) is 0 Å². The number of hydrogen-bond donors (Lipinski definition) is 1. The molecule has 0 aromatic heterocycles. The molecule has 0 aliphatic rings. The van der Waals surface area contributed by atoms with Gasteiger partial charge in [0.1, 0.15) is 11.5 Å². The van der Waals surface area contributed by atoms with Crippen LogP contribution in [0.2, 0.25) is 15.1 Å². The van der Waals surface area contributed by atoms with E-state index >= 15 is 0 Å². The van der Waals surface area contributed by atoms with Crippen molar-refractivity contribution < 1.29 is 14.3 Å². The molecule has 2 rings (SSSR count). The van der Waals surface area contributed by atoms with Crippen LogP contribution in [0.1, 0.15) is 5.56 Å². The lowest BCUT2D eigenvalue weighted by molar-refractivity contribution is -0.111. The SMILES string of the molecule is COc1cc(NC(=O)/C=C/c2ccc(Cl)c(Cl)c2)c(OC)cc1Cl. The molecule has 0 heterocycles. The van der Waals surface area contributed by atoms with Gasteiger partial charge in [-0.2, -0.15) is 0 Å². The van der Waals surface area contributed by atoms with Crippen molar-refractivity contribution in [3.63, 3.8) is 0 Å². The minimum Gasteiger partial charge on any atom is -0.495 e. The Kier molecular flexibility index (Phi) is 6.37. The van der Waals surface area contributed by atoms with Gasteiger partial charge in [-0.05, 0) is 23.8 Å². The molecule has 0 fully saturated rings. The summed E-state index contributed by atoms with van der Waals surface area (Å²) in [5, 5.41) is 3.97. The Hall–Kier alpha value is -1.88. The van der Waals surface area contributed by atoms with Crippen molar-refractivity contribution in [2.45, 2.75) is 0 Å². The molecule has 126 valence electrons. The van der Waals surface area contributed by atoms with Gasteiger partial charge in [-0.15, -0.1) is 0 Å². The van der Waals surface area contributed by atoms with Gasteiger partial charge in [-0.3, -0.25) is 4.79 Å². The van der Waals surface area contributed by atoms with E-state index in [1.54, 1.807) is 36.4 Å². The molecule has 0 saturated heterocycles. The van der Waals surface area contributed by atoms with Crippen molar-refractivity contribution in [1.82, 2.24) is 0 Å². The monoisotopic (exact) mass is 385 g/mol. The van der Waals surface area contributed by atoms with Crippen molar-refractivity contribution in [3.8, 4) is 11.5 Å². The Morgan fingerprint density at radius 3 is 2.29 bits per heavy atom. The topological polar surface area (TPSA) is 47.6 Å². The van der Waals surface area contributed by atoms with Gasteiger partial charge in [0.05, 0.1) is 35.0 Å². The summed E-state index contributed by atoms with van der Waals surface area (Å²) in [6.45, 7) is 0. The van der Waals surface area contributed by atoms with Gasteiger partial charge < -0.3 is 14.8 Å². The van der Waals surface area contributed by atoms with E-state index < -0.39 is 0 Å². The van der Waals surface area contributed by atoms with Crippen LogP contribution in [-0.2, 0) is 4.79 Å². The average molecular weight is 387 g/mol. The number of ether oxygens (including phenoxy) is 2. The maximum absolute atomic E-state index is 12.1. The van der Waals surface area contributed by atoms with E-state index in [4.69, 9.17) is 44.3 Å². The predicted molar refractivity (Wildman–Crippen MR) is 98.7 cm³/mol. The minimum absolute atomic E-state index is 0.344. The van der Waals surface area contributed by atoms with Crippen molar-refractivity contribution in [2.75, 3.05) is 19.5 Å². The third-order valence-corrected chi connectivity index (χ3v) is 4.14. The van der Waals surface area contributed by atoms with E-state index in [9.17, 15) is 4.79 Å². The lowest BCUT2D eigenvalue weighted by Gasteiger charge is -2.12. The number of rotatable bonds is 5. The van der Waals surface area contributed by atoms with Crippen LogP contribution in [0.25, 0.3) is 6.08 Å². The number of carbonyl (C=O) groups is 1. The molecule has 0 spiro atoms. The number of benzene rings is 2. The second-order valence-electron chi connectivity index (χ2n) is 4.68. The molecule has 0 saturated carbocycles. The molecule has 0 aliphatic carbocycles. The zero-order chi connectivity index (χ0) is 17.7.